The van der Waals surface area contributed by atoms with Crippen LogP contribution in [0.4, 0.5) is 11.4 Å². The summed E-state index contributed by atoms with van der Waals surface area (Å²) in [6.45, 7) is 3.34. The quantitative estimate of drug-likeness (QED) is 0.209. The molecule has 2 aromatic carbocycles. The van der Waals surface area contributed by atoms with Crippen molar-refractivity contribution < 1.29 is 33.1 Å². The zero-order chi connectivity index (χ0) is 29.7. The zero-order valence-corrected chi connectivity index (χ0v) is 23.8. The second-order valence-electron chi connectivity index (χ2n) is 8.68. The fourth-order valence-electron chi connectivity index (χ4n) is 4.09. The van der Waals surface area contributed by atoms with Gasteiger partial charge in [-0.1, -0.05) is 23.2 Å². The van der Waals surface area contributed by atoms with Crippen LogP contribution in [0, 0.1) is 0 Å². The molecule has 12 heteroatoms. The Hall–Kier alpha value is -4.54. The molecule has 1 aliphatic rings. The highest BCUT2D eigenvalue weighted by Gasteiger charge is 2.38. The first-order valence-electron chi connectivity index (χ1n) is 12.3. The SMILES string of the molecule is CCOC(=O)C1=C(C)N(c2ccc(OC)cc2)C(=O)/C1=C/c1ccc(CNC(=O)C(=O)Nc2cc(Cl)cc(Cl)c2)o1. The van der Waals surface area contributed by atoms with Crippen LogP contribution in [0.3, 0.4) is 0 Å². The number of benzene rings is 2. The largest absolute Gasteiger partial charge is 0.497 e. The van der Waals surface area contributed by atoms with E-state index in [2.05, 4.69) is 10.6 Å². The number of allylic oxidation sites excluding steroid dienone is 1. The number of furan rings is 1. The minimum Gasteiger partial charge on any atom is -0.497 e. The summed E-state index contributed by atoms with van der Waals surface area (Å²) < 4.78 is 16.2. The number of nitrogens with zero attached hydrogens (tertiary/aromatic N) is 1. The molecule has 41 heavy (non-hydrogen) atoms. The minimum atomic E-state index is -0.924. The molecule has 3 aromatic rings. The molecule has 4 rings (SSSR count). The van der Waals surface area contributed by atoms with Crippen molar-refractivity contribution in [1.82, 2.24) is 5.32 Å². The van der Waals surface area contributed by atoms with E-state index in [0.717, 1.165) is 0 Å². The molecule has 0 atom stereocenters. The highest BCUT2D eigenvalue weighted by Crippen LogP contribution is 2.36. The number of hydrogen-bond donors (Lipinski definition) is 2. The lowest BCUT2D eigenvalue weighted by Gasteiger charge is -2.18. The maximum atomic E-state index is 13.5. The third kappa shape index (κ3) is 6.79. The van der Waals surface area contributed by atoms with Crippen LogP contribution in [-0.2, 0) is 30.5 Å². The van der Waals surface area contributed by atoms with E-state index < -0.39 is 23.7 Å². The van der Waals surface area contributed by atoms with Gasteiger partial charge >= 0.3 is 17.8 Å². The van der Waals surface area contributed by atoms with E-state index in [0.29, 0.717) is 32.9 Å². The van der Waals surface area contributed by atoms with Crippen LogP contribution in [0.2, 0.25) is 10.0 Å². The Bertz CT molecular complexity index is 1550. The number of hydrogen-bond acceptors (Lipinski definition) is 7. The van der Waals surface area contributed by atoms with Crippen LogP contribution >= 0.6 is 23.2 Å². The van der Waals surface area contributed by atoms with Gasteiger partial charge in [0.2, 0.25) is 0 Å². The molecular formula is C29H25Cl2N3O7. The van der Waals surface area contributed by atoms with Crippen molar-refractivity contribution >= 4 is 64.3 Å². The van der Waals surface area contributed by atoms with Crippen molar-refractivity contribution in [2.45, 2.75) is 20.4 Å². The summed E-state index contributed by atoms with van der Waals surface area (Å²) in [5.74, 6) is -1.76. The summed E-state index contributed by atoms with van der Waals surface area (Å²) in [6, 6.07) is 14.4. The van der Waals surface area contributed by atoms with E-state index >= 15 is 0 Å². The molecule has 0 fully saturated rings. The van der Waals surface area contributed by atoms with Crippen LogP contribution in [0.25, 0.3) is 6.08 Å². The summed E-state index contributed by atoms with van der Waals surface area (Å²) in [7, 11) is 1.54. The molecule has 3 amide bonds. The third-order valence-corrected chi connectivity index (χ3v) is 6.37. The van der Waals surface area contributed by atoms with Gasteiger partial charge in [-0.15, -0.1) is 0 Å². The molecule has 0 saturated carbocycles. The Morgan fingerprint density at radius 2 is 1.68 bits per heavy atom. The van der Waals surface area contributed by atoms with Gasteiger partial charge in [0.25, 0.3) is 5.91 Å². The number of esters is 1. The van der Waals surface area contributed by atoms with E-state index in [9.17, 15) is 19.2 Å². The van der Waals surface area contributed by atoms with E-state index in [1.54, 1.807) is 50.2 Å². The molecular weight excluding hydrogens is 573 g/mol. The lowest BCUT2D eigenvalue weighted by atomic mass is 10.1. The number of ether oxygens (including phenoxy) is 2. The lowest BCUT2D eigenvalue weighted by Crippen LogP contribution is -2.34. The Morgan fingerprint density at radius 1 is 1.00 bits per heavy atom. The number of rotatable bonds is 8. The Kier molecular flexibility index (Phi) is 9.16. The van der Waals surface area contributed by atoms with Gasteiger partial charge in [0, 0.05) is 27.1 Å². The molecule has 0 bridgehead atoms. The maximum Gasteiger partial charge on any atom is 0.340 e. The Balaban J connectivity index is 1.50. The van der Waals surface area contributed by atoms with E-state index in [4.69, 9.17) is 37.1 Å². The van der Waals surface area contributed by atoms with Crippen molar-refractivity contribution in [2.24, 2.45) is 0 Å². The number of carbonyl (C=O) groups is 4. The van der Waals surface area contributed by atoms with Gasteiger partial charge in [-0.25, -0.2) is 4.79 Å². The number of methoxy groups -OCH3 is 1. The van der Waals surface area contributed by atoms with Crippen LogP contribution < -0.4 is 20.3 Å². The predicted molar refractivity (Wildman–Crippen MR) is 153 cm³/mol. The van der Waals surface area contributed by atoms with Crippen LogP contribution in [0.5, 0.6) is 5.75 Å². The number of carbonyl (C=O) groups excluding carboxylic acids is 4. The van der Waals surface area contributed by atoms with Crippen molar-refractivity contribution in [1.29, 1.82) is 0 Å². The molecule has 0 saturated heterocycles. The standard InChI is InChI=1S/C29H25Cl2N3O7/c1-4-40-29(38)25-16(2)34(20-5-7-21(39-3)8-6-20)28(37)24(25)14-22-9-10-23(41-22)15-32-26(35)27(36)33-19-12-17(30)11-18(31)13-19/h5-14H,4,15H2,1-3H3,(H,32,35)(H,33,36)/b24-14+. The maximum absolute atomic E-state index is 13.5. The third-order valence-electron chi connectivity index (χ3n) is 5.93. The van der Waals surface area contributed by atoms with E-state index in [1.807, 2.05) is 0 Å². The second-order valence-corrected chi connectivity index (χ2v) is 9.55. The van der Waals surface area contributed by atoms with Crippen molar-refractivity contribution in [3.63, 3.8) is 0 Å². The molecule has 212 valence electrons. The molecule has 0 radical (unpaired) electrons. The molecule has 0 unspecified atom stereocenters. The van der Waals surface area contributed by atoms with E-state index in [1.165, 1.54) is 36.3 Å². The van der Waals surface area contributed by atoms with Crippen molar-refractivity contribution in [3.05, 3.63) is 93.0 Å². The fourth-order valence-corrected chi connectivity index (χ4v) is 4.62. The summed E-state index contributed by atoms with van der Waals surface area (Å²) in [4.78, 5) is 52.3. The molecule has 0 aliphatic carbocycles. The summed E-state index contributed by atoms with van der Waals surface area (Å²) >= 11 is 11.8. The summed E-state index contributed by atoms with van der Waals surface area (Å²) in [5, 5.41) is 5.47. The van der Waals surface area contributed by atoms with Gasteiger partial charge in [-0.2, -0.15) is 0 Å². The van der Waals surface area contributed by atoms with Crippen molar-refractivity contribution in [2.75, 3.05) is 23.9 Å². The molecule has 2 heterocycles. The van der Waals surface area contributed by atoms with Crippen molar-refractivity contribution in [3.8, 4) is 5.75 Å². The number of halogens is 2. The normalized spacial score (nSPS) is 13.9. The monoisotopic (exact) mass is 597 g/mol. The fraction of sp³-hybridized carbons (Fsp3) is 0.172. The molecule has 10 nitrogen and oxygen atoms in total. The molecule has 1 aromatic heterocycles. The summed E-state index contributed by atoms with van der Waals surface area (Å²) in [5.41, 5.74) is 1.40. The zero-order valence-electron chi connectivity index (χ0n) is 22.2. The molecule has 1 aliphatic heterocycles. The average molecular weight is 598 g/mol. The van der Waals surface area contributed by atoms with Gasteiger partial charge in [0.1, 0.15) is 17.3 Å². The highest BCUT2D eigenvalue weighted by molar-refractivity contribution is 6.40. The number of amides is 3. The first kappa shape index (κ1) is 29.4. The topological polar surface area (TPSA) is 127 Å². The van der Waals surface area contributed by atoms with Gasteiger partial charge in [-0.3, -0.25) is 19.3 Å². The van der Waals surface area contributed by atoms with Gasteiger partial charge < -0.3 is 24.5 Å². The minimum absolute atomic E-state index is 0.0845. The molecule has 2 N–H and O–H groups in total. The smallest absolute Gasteiger partial charge is 0.340 e. The van der Waals surface area contributed by atoms with Gasteiger partial charge in [0.15, 0.2) is 0 Å². The van der Waals surface area contributed by atoms with Crippen LogP contribution in [0.1, 0.15) is 25.4 Å². The lowest BCUT2D eigenvalue weighted by molar-refractivity contribution is -0.138. The predicted octanol–water partition coefficient (Wildman–Crippen LogP) is 5.12. The number of anilines is 2. The second kappa shape index (κ2) is 12.8. The van der Waals surface area contributed by atoms with Gasteiger partial charge in [-0.05, 0) is 74.5 Å². The first-order valence-corrected chi connectivity index (χ1v) is 13.1. The number of nitrogens with one attached hydrogen (secondary N) is 2. The van der Waals surface area contributed by atoms with Crippen LogP contribution in [0.15, 0.2) is 75.9 Å². The summed E-state index contributed by atoms with van der Waals surface area (Å²) in [6.07, 6.45) is 1.43. The average Bonchev–Trinajstić information content (AvgIpc) is 3.48. The molecule has 0 spiro atoms. The first-order chi connectivity index (χ1) is 19.6. The van der Waals surface area contributed by atoms with Crippen LogP contribution in [-0.4, -0.2) is 37.4 Å². The highest BCUT2D eigenvalue weighted by atomic mass is 35.5. The Labute approximate surface area is 245 Å². The van der Waals surface area contributed by atoms with E-state index in [-0.39, 0.29) is 35.7 Å². The Morgan fingerprint density at radius 3 is 2.32 bits per heavy atom. The van der Waals surface area contributed by atoms with Gasteiger partial charge in [0.05, 0.1) is 31.4 Å².